The molecule has 0 radical (unpaired) electrons. The number of nitriles is 1. The van der Waals surface area contributed by atoms with Gasteiger partial charge in [-0.3, -0.25) is 4.98 Å². The molecule has 0 aliphatic carbocycles. The fourth-order valence-corrected chi connectivity index (χ4v) is 4.50. The number of aryl methyl sites for hydroxylation is 1. The average molecular weight is 521 g/mol. The van der Waals surface area contributed by atoms with E-state index in [4.69, 9.17) is 21.4 Å². The van der Waals surface area contributed by atoms with Crippen LogP contribution in [0.4, 0.5) is 23.4 Å². The number of ether oxygens (including phenoxy) is 1. The smallest absolute Gasteiger partial charge is 0.394 e. The minimum atomic E-state index is -4.88. The van der Waals surface area contributed by atoms with Gasteiger partial charge in [0.15, 0.2) is 11.3 Å². The summed E-state index contributed by atoms with van der Waals surface area (Å²) in [6, 6.07) is 5.76. The van der Waals surface area contributed by atoms with E-state index in [1.54, 1.807) is 24.0 Å². The van der Waals surface area contributed by atoms with Crippen LogP contribution in [0.15, 0.2) is 24.4 Å². The summed E-state index contributed by atoms with van der Waals surface area (Å²) < 4.78 is 62.2. The Balaban J connectivity index is 1.81. The fraction of sp³-hybridized carbons (Fsp3) is 0.304. The summed E-state index contributed by atoms with van der Waals surface area (Å²) in [5, 5.41) is 22.6. The maximum atomic E-state index is 14.4. The molecule has 1 fully saturated rings. The van der Waals surface area contributed by atoms with E-state index in [-0.39, 0.29) is 48.9 Å². The van der Waals surface area contributed by atoms with Gasteiger partial charge in [-0.2, -0.15) is 28.0 Å². The molecule has 0 saturated carbocycles. The van der Waals surface area contributed by atoms with E-state index in [9.17, 15) is 22.8 Å². The van der Waals surface area contributed by atoms with Gasteiger partial charge >= 0.3 is 6.18 Å². The number of anilines is 1. The Morgan fingerprint density at radius 3 is 2.72 bits per heavy atom. The van der Waals surface area contributed by atoms with Crippen LogP contribution >= 0.6 is 11.6 Å². The Kier molecular flexibility index (Phi) is 5.94. The first-order valence-corrected chi connectivity index (χ1v) is 11.1. The Hall–Kier alpha value is -3.53. The number of halogens is 5. The first kappa shape index (κ1) is 24.2. The molecule has 1 N–H and O–H groups in total. The highest BCUT2D eigenvalue weighted by atomic mass is 35.5. The molecule has 4 heterocycles. The predicted molar refractivity (Wildman–Crippen MR) is 122 cm³/mol. The second-order valence-corrected chi connectivity index (χ2v) is 8.63. The van der Waals surface area contributed by atoms with Crippen molar-refractivity contribution in [2.24, 2.45) is 0 Å². The topological polar surface area (TPSA) is 99.6 Å². The molecule has 186 valence electrons. The number of alkyl halides is 3. The van der Waals surface area contributed by atoms with Gasteiger partial charge in [0, 0.05) is 30.2 Å². The third kappa shape index (κ3) is 3.89. The maximum Gasteiger partial charge on any atom is 0.436 e. The minimum absolute atomic E-state index is 0.115. The molecule has 1 aliphatic heterocycles. The number of fused-ring (bicyclic) bond motifs is 2. The van der Waals surface area contributed by atoms with Crippen molar-refractivity contribution in [2.75, 3.05) is 31.2 Å². The van der Waals surface area contributed by atoms with Gasteiger partial charge in [0.1, 0.15) is 23.3 Å². The quantitative estimate of drug-likeness (QED) is 0.395. The number of aliphatic hydroxyl groups excluding tert-OH is 1. The van der Waals surface area contributed by atoms with E-state index in [1.165, 1.54) is 18.3 Å². The molecule has 4 aromatic rings. The highest BCUT2D eigenvalue weighted by Crippen LogP contribution is 2.42. The van der Waals surface area contributed by atoms with Crippen molar-refractivity contribution in [1.29, 1.82) is 5.26 Å². The lowest BCUT2D eigenvalue weighted by Crippen LogP contribution is -2.53. The molecular weight excluding hydrogens is 504 g/mol. The molecule has 0 amide bonds. The Morgan fingerprint density at radius 2 is 2.06 bits per heavy atom. The van der Waals surface area contributed by atoms with Crippen LogP contribution in [0.3, 0.4) is 0 Å². The number of benzene rings is 1. The fourth-order valence-electron chi connectivity index (χ4n) is 4.35. The molecule has 5 rings (SSSR count). The van der Waals surface area contributed by atoms with Gasteiger partial charge in [-0.05, 0) is 30.7 Å². The summed E-state index contributed by atoms with van der Waals surface area (Å²) in [4.78, 5) is 10.3. The molecule has 1 aromatic carbocycles. The maximum absolute atomic E-state index is 14.4. The van der Waals surface area contributed by atoms with E-state index in [1.807, 2.05) is 0 Å². The van der Waals surface area contributed by atoms with Gasteiger partial charge in [-0.25, -0.2) is 9.37 Å². The van der Waals surface area contributed by atoms with Gasteiger partial charge in [-0.1, -0.05) is 11.6 Å². The average Bonchev–Trinajstić information content (AvgIpc) is 3.17. The van der Waals surface area contributed by atoms with Crippen LogP contribution in [0.25, 0.3) is 27.7 Å². The normalized spacial score (nSPS) is 14.4. The number of pyridine rings is 1. The molecule has 1 aliphatic rings. The van der Waals surface area contributed by atoms with Crippen molar-refractivity contribution < 1.29 is 27.4 Å². The second-order valence-electron chi connectivity index (χ2n) is 8.23. The van der Waals surface area contributed by atoms with E-state index in [0.29, 0.717) is 27.7 Å². The van der Waals surface area contributed by atoms with E-state index >= 15 is 0 Å². The van der Waals surface area contributed by atoms with Crippen LogP contribution in [0, 0.1) is 24.1 Å². The van der Waals surface area contributed by atoms with Crippen molar-refractivity contribution in [3.63, 3.8) is 0 Å². The van der Waals surface area contributed by atoms with Crippen LogP contribution in [0.5, 0.6) is 0 Å². The van der Waals surface area contributed by atoms with Crippen LogP contribution in [0.1, 0.15) is 17.0 Å². The summed E-state index contributed by atoms with van der Waals surface area (Å²) >= 11 is 5.93. The zero-order valence-electron chi connectivity index (χ0n) is 18.6. The van der Waals surface area contributed by atoms with Crippen LogP contribution in [-0.2, 0) is 10.9 Å². The van der Waals surface area contributed by atoms with Crippen LogP contribution < -0.4 is 4.90 Å². The SMILES string of the molecule is Cc1nc2c(C#N)c(C(F)(F)F)nn2c(N2CC(OCCO)C2)c1-c1ccnc2cc(Cl)c(F)cc12. The van der Waals surface area contributed by atoms with Gasteiger partial charge in [-0.15, -0.1) is 0 Å². The summed E-state index contributed by atoms with van der Waals surface area (Å²) in [5.41, 5.74) is -0.728. The van der Waals surface area contributed by atoms with Crippen molar-refractivity contribution in [2.45, 2.75) is 19.2 Å². The zero-order chi connectivity index (χ0) is 25.8. The first-order chi connectivity index (χ1) is 17.1. The first-order valence-electron chi connectivity index (χ1n) is 10.8. The van der Waals surface area contributed by atoms with Crippen molar-refractivity contribution in [3.8, 4) is 17.2 Å². The number of hydrogen-bond acceptors (Lipinski definition) is 7. The lowest BCUT2D eigenvalue weighted by molar-refractivity contribution is -0.141. The molecule has 8 nitrogen and oxygen atoms in total. The summed E-state index contributed by atoms with van der Waals surface area (Å²) in [6.07, 6.45) is -3.67. The van der Waals surface area contributed by atoms with Gasteiger partial charge in [0.2, 0.25) is 0 Å². The highest BCUT2D eigenvalue weighted by Gasteiger charge is 2.41. The molecule has 0 unspecified atom stereocenters. The number of aliphatic hydroxyl groups is 1. The standard InChI is InChI=1S/C23H17ClF4N6O2/c1-11-19(13-2-3-30-18-7-16(24)17(25)6-14(13)18)22(33-9-12(10-33)36-5-4-35)34-21(31-11)15(8-29)20(32-34)23(26,27)28/h2-3,6-7,12,35H,4-5,9-10H2,1H3. The monoisotopic (exact) mass is 520 g/mol. The lowest BCUT2D eigenvalue weighted by Gasteiger charge is -2.41. The molecule has 0 bridgehead atoms. The van der Waals surface area contributed by atoms with E-state index in [0.717, 1.165) is 4.52 Å². The third-order valence-corrected chi connectivity index (χ3v) is 6.24. The number of nitrogens with zero attached hydrogens (tertiary/aromatic N) is 6. The Morgan fingerprint density at radius 1 is 1.31 bits per heavy atom. The van der Waals surface area contributed by atoms with Crippen molar-refractivity contribution >= 4 is 34.0 Å². The van der Waals surface area contributed by atoms with Crippen molar-refractivity contribution in [3.05, 3.63) is 52.2 Å². The largest absolute Gasteiger partial charge is 0.436 e. The molecule has 0 atom stereocenters. The Labute approximate surface area is 206 Å². The molecular formula is C23H17ClF4N6O2. The summed E-state index contributed by atoms with van der Waals surface area (Å²) in [7, 11) is 0. The van der Waals surface area contributed by atoms with Gasteiger partial charge < -0.3 is 14.7 Å². The summed E-state index contributed by atoms with van der Waals surface area (Å²) in [5.74, 6) is -0.436. The lowest BCUT2D eigenvalue weighted by atomic mass is 9.98. The van der Waals surface area contributed by atoms with Gasteiger partial charge in [0.05, 0.1) is 35.6 Å². The third-order valence-electron chi connectivity index (χ3n) is 5.95. The van der Waals surface area contributed by atoms with Crippen LogP contribution in [-0.4, -0.2) is 57.1 Å². The molecule has 1 saturated heterocycles. The zero-order valence-corrected chi connectivity index (χ0v) is 19.4. The molecule has 36 heavy (non-hydrogen) atoms. The number of hydrogen-bond donors (Lipinski definition) is 1. The highest BCUT2D eigenvalue weighted by molar-refractivity contribution is 6.31. The predicted octanol–water partition coefficient (Wildman–Crippen LogP) is 4.13. The minimum Gasteiger partial charge on any atom is -0.394 e. The summed E-state index contributed by atoms with van der Waals surface area (Å²) in [6.45, 7) is 2.12. The van der Waals surface area contributed by atoms with Crippen molar-refractivity contribution in [1.82, 2.24) is 19.6 Å². The van der Waals surface area contributed by atoms with E-state index in [2.05, 4.69) is 15.1 Å². The number of aromatic nitrogens is 4. The van der Waals surface area contributed by atoms with Gasteiger partial charge in [0.25, 0.3) is 0 Å². The second kappa shape index (κ2) is 8.85. The van der Waals surface area contributed by atoms with Crippen LogP contribution in [0.2, 0.25) is 5.02 Å². The number of rotatable bonds is 5. The molecule has 0 spiro atoms. The van der Waals surface area contributed by atoms with E-state index < -0.39 is 23.3 Å². The Bertz CT molecular complexity index is 1540. The molecule has 13 heteroatoms. The molecule has 3 aromatic heterocycles.